The molecule has 0 saturated heterocycles. The van der Waals surface area contributed by atoms with Crippen LogP contribution in [0.1, 0.15) is 98.8 Å². The summed E-state index contributed by atoms with van der Waals surface area (Å²) in [4.78, 5) is 0. The molecule has 4 aliphatic rings. The van der Waals surface area contributed by atoms with Crippen molar-refractivity contribution in [2.45, 2.75) is 117 Å². The Hall–Kier alpha value is -0.120. The van der Waals surface area contributed by atoms with E-state index in [2.05, 4.69) is 34.6 Å². The number of aliphatic hydroxyl groups excluding tert-OH is 3. The van der Waals surface area contributed by atoms with Gasteiger partial charge in [0.15, 0.2) is 0 Å². The second kappa shape index (κ2) is 8.34. The van der Waals surface area contributed by atoms with Crippen LogP contribution in [0.25, 0.3) is 0 Å². The number of rotatable bonds is 5. The average Bonchev–Trinajstić information content (AvgIpc) is 3.02. The fraction of sp³-hybridized carbons (Fsp3) is 1.00. The third-order valence-corrected chi connectivity index (χ3v) is 11.0. The average molecular weight is 421 g/mol. The maximum absolute atomic E-state index is 11.6. The summed E-state index contributed by atoms with van der Waals surface area (Å²) in [7, 11) is 0. The van der Waals surface area contributed by atoms with E-state index in [4.69, 9.17) is 0 Å². The van der Waals surface area contributed by atoms with E-state index in [1.165, 1.54) is 32.1 Å². The molecule has 0 aromatic carbocycles. The quantitative estimate of drug-likeness (QED) is 0.557. The minimum absolute atomic E-state index is 0.0449. The molecule has 30 heavy (non-hydrogen) atoms. The molecule has 0 heterocycles. The molecule has 0 aromatic rings. The SMILES string of the molecule is CC(C)CCCC(C)[C@H]1CC[C@H]2[C@@H]3[C@H](O)CC4C[C@H](O)CC[C@]4(C)[C@H]3C[C@H](O)[C@]12C. The van der Waals surface area contributed by atoms with Gasteiger partial charge >= 0.3 is 0 Å². The van der Waals surface area contributed by atoms with Gasteiger partial charge < -0.3 is 15.3 Å². The van der Waals surface area contributed by atoms with E-state index in [-0.39, 0.29) is 29.1 Å². The van der Waals surface area contributed by atoms with E-state index in [0.29, 0.717) is 35.5 Å². The minimum atomic E-state index is -0.259. The molecule has 174 valence electrons. The summed E-state index contributed by atoms with van der Waals surface area (Å²) in [5, 5.41) is 33.2. The minimum Gasteiger partial charge on any atom is -0.393 e. The van der Waals surface area contributed by atoms with Crippen LogP contribution in [-0.4, -0.2) is 33.6 Å². The van der Waals surface area contributed by atoms with E-state index in [1.54, 1.807) is 0 Å². The predicted molar refractivity (Wildman–Crippen MR) is 122 cm³/mol. The Balaban J connectivity index is 1.56. The number of fused-ring (bicyclic) bond motifs is 5. The normalized spacial score (nSPS) is 51.9. The highest BCUT2D eigenvalue weighted by molar-refractivity contribution is 5.14. The van der Waals surface area contributed by atoms with Crippen LogP contribution in [0.4, 0.5) is 0 Å². The van der Waals surface area contributed by atoms with E-state index >= 15 is 0 Å². The zero-order valence-electron chi connectivity index (χ0n) is 20.2. The van der Waals surface area contributed by atoms with E-state index in [9.17, 15) is 15.3 Å². The molecule has 2 unspecified atom stereocenters. The molecule has 0 spiro atoms. The molecular formula is C27H48O3. The predicted octanol–water partition coefficient (Wildman–Crippen LogP) is 5.41. The molecule has 0 aromatic heterocycles. The number of hydrogen-bond donors (Lipinski definition) is 3. The first kappa shape index (κ1) is 23.1. The highest BCUT2D eigenvalue weighted by atomic mass is 16.3. The van der Waals surface area contributed by atoms with Crippen LogP contribution in [0, 0.1) is 52.3 Å². The summed E-state index contributed by atoms with van der Waals surface area (Å²) in [5.41, 5.74) is 0.128. The smallest absolute Gasteiger partial charge is 0.0602 e. The Bertz CT molecular complexity index is 605. The van der Waals surface area contributed by atoms with Crippen molar-refractivity contribution < 1.29 is 15.3 Å². The van der Waals surface area contributed by atoms with Crippen molar-refractivity contribution in [1.82, 2.24) is 0 Å². The van der Waals surface area contributed by atoms with Crippen molar-refractivity contribution in [2.75, 3.05) is 0 Å². The molecule has 0 radical (unpaired) electrons. The van der Waals surface area contributed by atoms with Gasteiger partial charge in [0.25, 0.3) is 0 Å². The van der Waals surface area contributed by atoms with Gasteiger partial charge in [-0.15, -0.1) is 0 Å². The van der Waals surface area contributed by atoms with Crippen LogP contribution >= 0.6 is 0 Å². The monoisotopic (exact) mass is 420 g/mol. The van der Waals surface area contributed by atoms with Crippen LogP contribution in [0.2, 0.25) is 0 Å². The third kappa shape index (κ3) is 3.59. The summed E-state index contributed by atoms with van der Waals surface area (Å²) in [6, 6.07) is 0. The Morgan fingerprint density at radius 2 is 1.60 bits per heavy atom. The molecule has 4 fully saturated rings. The second-order valence-corrected chi connectivity index (χ2v) is 12.8. The molecule has 0 amide bonds. The fourth-order valence-corrected chi connectivity index (χ4v) is 9.18. The van der Waals surface area contributed by atoms with Gasteiger partial charge in [-0.05, 0) is 97.2 Å². The highest BCUT2D eigenvalue weighted by Crippen LogP contribution is 2.68. The van der Waals surface area contributed by atoms with Gasteiger partial charge in [0, 0.05) is 0 Å². The highest BCUT2D eigenvalue weighted by Gasteiger charge is 2.65. The lowest BCUT2D eigenvalue weighted by molar-refractivity contribution is -0.207. The van der Waals surface area contributed by atoms with Gasteiger partial charge in [-0.1, -0.05) is 53.9 Å². The Morgan fingerprint density at radius 1 is 0.867 bits per heavy atom. The Morgan fingerprint density at radius 3 is 2.30 bits per heavy atom. The fourth-order valence-electron chi connectivity index (χ4n) is 9.18. The maximum atomic E-state index is 11.6. The lowest BCUT2D eigenvalue weighted by Gasteiger charge is -2.63. The van der Waals surface area contributed by atoms with Gasteiger partial charge in [0.2, 0.25) is 0 Å². The van der Waals surface area contributed by atoms with Crippen molar-refractivity contribution in [1.29, 1.82) is 0 Å². The lowest BCUT2D eigenvalue weighted by Crippen LogP contribution is -2.62. The molecule has 0 bridgehead atoms. The first-order valence-electron chi connectivity index (χ1n) is 13.1. The van der Waals surface area contributed by atoms with Crippen LogP contribution in [0.3, 0.4) is 0 Å². The summed E-state index contributed by atoms with van der Waals surface area (Å²) in [6.07, 6.45) is 10.0. The van der Waals surface area contributed by atoms with E-state index in [0.717, 1.165) is 38.0 Å². The lowest BCUT2D eigenvalue weighted by atomic mass is 9.43. The van der Waals surface area contributed by atoms with Crippen LogP contribution in [-0.2, 0) is 0 Å². The van der Waals surface area contributed by atoms with Gasteiger partial charge in [-0.3, -0.25) is 0 Å². The molecule has 0 aliphatic heterocycles. The Kier molecular flexibility index (Phi) is 6.41. The topological polar surface area (TPSA) is 60.7 Å². The molecule has 3 nitrogen and oxygen atoms in total. The molecule has 4 aliphatic carbocycles. The maximum Gasteiger partial charge on any atom is 0.0602 e. The largest absolute Gasteiger partial charge is 0.393 e. The molecule has 3 heteroatoms. The zero-order chi connectivity index (χ0) is 21.8. The summed E-state index contributed by atoms with van der Waals surface area (Å²) < 4.78 is 0. The molecule has 3 N–H and O–H groups in total. The van der Waals surface area contributed by atoms with E-state index < -0.39 is 0 Å². The first-order chi connectivity index (χ1) is 14.1. The molecule has 4 rings (SSSR count). The van der Waals surface area contributed by atoms with Crippen molar-refractivity contribution >= 4 is 0 Å². The van der Waals surface area contributed by atoms with E-state index in [1.807, 2.05) is 0 Å². The zero-order valence-corrected chi connectivity index (χ0v) is 20.2. The molecular weight excluding hydrogens is 372 g/mol. The number of aliphatic hydroxyl groups is 3. The van der Waals surface area contributed by atoms with Crippen LogP contribution in [0.15, 0.2) is 0 Å². The summed E-state index contributed by atoms with van der Waals surface area (Å²) in [5.74, 6) is 3.59. The molecule has 4 saturated carbocycles. The number of hydrogen-bond acceptors (Lipinski definition) is 3. The summed E-state index contributed by atoms with van der Waals surface area (Å²) in [6.45, 7) is 11.8. The standard InChI is InChI=1S/C27H48O3/c1-16(2)7-6-8-17(3)20-9-10-21-25-22(15-24(30)27(20,21)5)26(4)12-11-19(28)13-18(26)14-23(25)29/h16-25,28-30H,6-15H2,1-5H3/t17?,18?,19-,20-,21+,22+,23-,24+,25+,26+,27-/m1/s1. The van der Waals surface area contributed by atoms with Gasteiger partial charge in [-0.2, -0.15) is 0 Å². The van der Waals surface area contributed by atoms with Gasteiger partial charge in [0.1, 0.15) is 0 Å². The van der Waals surface area contributed by atoms with Crippen molar-refractivity contribution in [2.24, 2.45) is 52.3 Å². The van der Waals surface area contributed by atoms with Gasteiger partial charge in [0.05, 0.1) is 18.3 Å². The van der Waals surface area contributed by atoms with Crippen LogP contribution in [0.5, 0.6) is 0 Å². The second-order valence-electron chi connectivity index (χ2n) is 12.8. The summed E-state index contributed by atoms with van der Waals surface area (Å²) >= 11 is 0. The van der Waals surface area contributed by atoms with Crippen LogP contribution < -0.4 is 0 Å². The molecule has 11 atom stereocenters. The van der Waals surface area contributed by atoms with Crippen molar-refractivity contribution in [3.05, 3.63) is 0 Å². The van der Waals surface area contributed by atoms with Crippen molar-refractivity contribution in [3.63, 3.8) is 0 Å². The van der Waals surface area contributed by atoms with Crippen molar-refractivity contribution in [3.8, 4) is 0 Å². The van der Waals surface area contributed by atoms with Gasteiger partial charge in [-0.25, -0.2) is 0 Å². The third-order valence-electron chi connectivity index (χ3n) is 11.0. The first-order valence-corrected chi connectivity index (χ1v) is 13.1. The Labute approximate surface area is 185 Å².